The summed E-state index contributed by atoms with van der Waals surface area (Å²) in [6.07, 6.45) is 71.9. The number of carbonyl (C=O) groups is 1. The van der Waals surface area contributed by atoms with E-state index >= 15 is 0 Å². The number of amides is 1. The van der Waals surface area contributed by atoms with E-state index in [0.717, 1.165) is 89.9 Å². The fourth-order valence-corrected chi connectivity index (χ4v) is 8.35. The molecule has 0 aromatic rings. The third kappa shape index (κ3) is 53.1. The predicted octanol–water partition coefficient (Wildman–Crippen LogP) is 16.4. The molecule has 0 saturated heterocycles. The Kier molecular flexibility index (Phi) is 48.5. The van der Waals surface area contributed by atoms with Crippen molar-refractivity contribution in [3.8, 4) is 0 Å². The minimum absolute atomic E-state index is 0.0165. The van der Waals surface area contributed by atoms with Gasteiger partial charge in [0.25, 0.3) is 7.82 Å². The number of phosphoric ester groups is 1. The number of nitrogens with one attached hydrogen (secondary N) is 1. The summed E-state index contributed by atoms with van der Waals surface area (Å²) in [4.78, 5) is 25.5. The SMILES string of the molecule is CC/C=C\C/C=C\C/C=C\C/C=C\C/C=C\CCCCCCCCCC(=O)NC(COP(=O)([O-])OCC[N+](C)(C)C)C(O)/C=C/CC/C=C/CC/C=C/CCCCCCCCCCCCCCCC. The number of hydrogen-bond donors (Lipinski definition) is 2. The molecule has 8 nitrogen and oxygen atoms in total. The number of quaternary nitrogens is 1. The predicted molar refractivity (Wildman–Crippen MR) is 297 cm³/mol. The lowest BCUT2D eigenvalue weighted by Gasteiger charge is -2.29. The summed E-state index contributed by atoms with van der Waals surface area (Å²) in [5.41, 5.74) is 0. The molecule has 0 aliphatic carbocycles. The van der Waals surface area contributed by atoms with Crippen LogP contribution in [0.5, 0.6) is 0 Å². The quantitative estimate of drug-likeness (QED) is 0.0272. The monoisotopic (exact) mass is 983 g/mol. The topological polar surface area (TPSA) is 108 Å². The van der Waals surface area contributed by atoms with E-state index in [1.165, 1.54) is 116 Å². The van der Waals surface area contributed by atoms with E-state index in [9.17, 15) is 19.4 Å². The van der Waals surface area contributed by atoms with Gasteiger partial charge in [-0.15, -0.1) is 0 Å². The van der Waals surface area contributed by atoms with Gasteiger partial charge in [-0.1, -0.05) is 227 Å². The lowest BCUT2D eigenvalue weighted by Crippen LogP contribution is -2.45. The number of hydrogen-bond acceptors (Lipinski definition) is 6. The molecule has 0 rings (SSSR count). The van der Waals surface area contributed by atoms with Crippen LogP contribution in [0, 0.1) is 0 Å². The molecule has 0 heterocycles. The Labute approximate surface area is 426 Å². The van der Waals surface area contributed by atoms with Crippen LogP contribution in [-0.4, -0.2) is 68.5 Å². The maximum atomic E-state index is 13.0. The van der Waals surface area contributed by atoms with Gasteiger partial charge in [-0.3, -0.25) is 9.36 Å². The summed E-state index contributed by atoms with van der Waals surface area (Å²) in [6, 6.07) is -0.923. The van der Waals surface area contributed by atoms with Crippen LogP contribution < -0.4 is 10.2 Å². The highest BCUT2D eigenvalue weighted by Crippen LogP contribution is 2.38. The average Bonchev–Trinajstić information content (AvgIpc) is 3.31. The molecule has 0 fully saturated rings. The van der Waals surface area contributed by atoms with Crippen molar-refractivity contribution < 1.29 is 32.9 Å². The van der Waals surface area contributed by atoms with Gasteiger partial charge in [0, 0.05) is 6.42 Å². The molecule has 0 aromatic heterocycles. The van der Waals surface area contributed by atoms with Crippen LogP contribution in [0.2, 0.25) is 0 Å². The molecular formula is C60H107N2O6P. The van der Waals surface area contributed by atoms with Crippen molar-refractivity contribution in [3.63, 3.8) is 0 Å². The summed E-state index contributed by atoms with van der Waals surface area (Å²) < 4.78 is 23.3. The molecule has 0 saturated carbocycles. The van der Waals surface area contributed by atoms with Gasteiger partial charge in [0.05, 0.1) is 39.9 Å². The Balaban J connectivity index is 4.37. The normalized spacial score (nSPS) is 14.7. The zero-order valence-corrected chi connectivity index (χ0v) is 46.1. The van der Waals surface area contributed by atoms with Crippen molar-refractivity contribution >= 4 is 13.7 Å². The number of aliphatic hydroxyl groups is 1. The molecule has 0 spiro atoms. The largest absolute Gasteiger partial charge is 0.756 e. The van der Waals surface area contributed by atoms with E-state index < -0.39 is 26.6 Å². The summed E-state index contributed by atoms with van der Waals surface area (Å²) in [5.74, 6) is -0.226. The third-order valence-electron chi connectivity index (χ3n) is 12.0. The van der Waals surface area contributed by atoms with Crippen LogP contribution in [0.4, 0.5) is 0 Å². The van der Waals surface area contributed by atoms with Crippen molar-refractivity contribution in [2.45, 2.75) is 238 Å². The van der Waals surface area contributed by atoms with E-state index in [0.29, 0.717) is 17.4 Å². The molecule has 2 N–H and O–H groups in total. The lowest BCUT2D eigenvalue weighted by molar-refractivity contribution is -0.870. The molecule has 0 radical (unpaired) electrons. The van der Waals surface area contributed by atoms with Gasteiger partial charge < -0.3 is 28.8 Å². The number of carbonyl (C=O) groups excluding carboxylic acids is 1. The van der Waals surface area contributed by atoms with Gasteiger partial charge in [0.2, 0.25) is 5.91 Å². The van der Waals surface area contributed by atoms with Crippen molar-refractivity contribution in [2.75, 3.05) is 40.9 Å². The molecule has 0 bridgehead atoms. The average molecular weight is 983 g/mol. The molecule has 3 atom stereocenters. The van der Waals surface area contributed by atoms with E-state index in [1.807, 2.05) is 27.2 Å². The number of phosphoric acid groups is 1. The molecule has 398 valence electrons. The smallest absolute Gasteiger partial charge is 0.268 e. The number of rotatable bonds is 50. The number of nitrogens with zero attached hydrogens (tertiary/aromatic N) is 1. The van der Waals surface area contributed by atoms with Gasteiger partial charge in [0.15, 0.2) is 0 Å². The third-order valence-corrected chi connectivity index (χ3v) is 13.0. The molecule has 3 unspecified atom stereocenters. The first-order valence-electron chi connectivity index (χ1n) is 28.1. The van der Waals surface area contributed by atoms with Gasteiger partial charge >= 0.3 is 0 Å². The van der Waals surface area contributed by atoms with Crippen LogP contribution in [0.1, 0.15) is 226 Å². The number of likely N-dealkylation sites (N-methyl/N-ethyl adjacent to an activating group) is 1. The summed E-state index contributed by atoms with van der Waals surface area (Å²) in [5, 5.41) is 13.8. The minimum Gasteiger partial charge on any atom is -0.756 e. The first-order valence-corrected chi connectivity index (χ1v) is 29.6. The fourth-order valence-electron chi connectivity index (χ4n) is 7.62. The van der Waals surface area contributed by atoms with E-state index in [4.69, 9.17) is 9.05 Å². The van der Waals surface area contributed by atoms with Crippen LogP contribution in [-0.2, 0) is 18.4 Å². The van der Waals surface area contributed by atoms with Crippen molar-refractivity contribution in [2.24, 2.45) is 0 Å². The van der Waals surface area contributed by atoms with Gasteiger partial charge in [-0.25, -0.2) is 0 Å². The van der Waals surface area contributed by atoms with Crippen molar-refractivity contribution in [1.29, 1.82) is 0 Å². The Morgan fingerprint density at radius 1 is 0.522 bits per heavy atom. The first-order chi connectivity index (χ1) is 33.5. The lowest BCUT2D eigenvalue weighted by atomic mass is 10.0. The van der Waals surface area contributed by atoms with Crippen LogP contribution >= 0.6 is 7.82 Å². The number of unbranched alkanes of at least 4 members (excludes halogenated alkanes) is 23. The molecule has 0 aliphatic heterocycles. The highest BCUT2D eigenvalue weighted by atomic mass is 31.2. The first kappa shape index (κ1) is 66.4. The van der Waals surface area contributed by atoms with Crippen molar-refractivity contribution in [1.82, 2.24) is 5.32 Å². The van der Waals surface area contributed by atoms with E-state index in [-0.39, 0.29) is 12.5 Å². The van der Waals surface area contributed by atoms with E-state index in [1.54, 1.807) is 6.08 Å². The zero-order chi connectivity index (χ0) is 50.6. The molecule has 0 aromatic carbocycles. The van der Waals surface area contributed by atoms with Gasteiger partial charge in [-0.05, 0) is 89.9 Å². The van der Waals surface area contributed by atoms with E-state index in [2.05, 4.69) is 104 Å². The Morgan fingerprint density at radius 2 is 0.899 bits per heavy atom. The van der Waals surface area contributed by atoms with Gasteiger partial charge in [-0.2, -0.15) is 0 Å². The van der Waals surface area contributed by atoms with Crippen LogP contribution in [0.25, 0.3) is 0 Å². The maximum Gasteiger partial charge on any atom is 0.268 e. The summed E-state index contributed by atoms with van der Waals surface area (Å²) in [6.45, 7) is 4.50. The summed E-state index contributed by atoms with van der Waals surface area (Å²) in [7, 11) is 1.21. The molecule has 69 heavy (non-hydrogen) atoms. The Morgan fingerprint density at radius 3 is 1.35 bits per heavy atom. The fraction of sp³-hybridized carbons (Fsp3) is 0.717. The Bertz CT molecular complexity index is 1440. The number of allylic oxidation sites excluding steroid dienone is 15. The van der Waals surface area contributed by atoms with Crippen LogP contribution in [0.3, 0.4) is 0 Å². The molecule has 1 amide bonds. The molecule has 9 heteroatoms. The minimum atomic E-state index is -4.62. The van der Waals surface area contributed by atoms with Gasteiger partial charge in [0.1, 0.15) is 13.2 Å². The molecular weight excluding hydrogens is 876 g/mol. The summed E-state index contributed by atoms with van der Waals surface area (Å²) >= 11 is 0. The maximum absolute atomic E-state index is 13.0. The zero-order valence-electron chi connectivity index (χ0n) is 45.2. The second kappa shape index (κ2) is 50.4. The highest BCUT2D eigenvalue weighted by Gasteiger charge is 2.23. The van der Waals surface area contributed by atoms with Crippen LogP contribution in [0.15, 0.2) is 97.2 Å². The van der Waals surface area contributed by atoms with Crippen molar-refractivity contribution in [3.05, 3.63) is 97.2 Å². The standard InChI is InChI=1S/C60H107N2O6P/c1-6-8-10-12-14-16-18-20-22-24-26-28-30-32-33-35-37-39-41-43-45-47-49-51-53-59(63)58(57-68-69(65,66)67-56-55-62(3,4)5)61-60(64)54-52-50-48-46-44-42-40-38-36-34-31-29-27-25-23-21-19-17-15-13-11-9-7-2/h9,11,15,17,21,23,27,29,34-37,43,45,51,53,58-59,63H,6-8,10,12-14,16,18-20,22,24-26,28,30-33,38-42,44,46-50,52,54-57H2,1-5H3,(H-,61,64,65,66)/b11-9-,17-15-,23-21-,29-27-,36-34-,37-35+,45-43+,53-51+. The second-order valence-electron chi connectivity index (χ2n) is 19.9. The molecule has 0 aliphatic rings. The second-order valence-corrected chi connectivity index (χ2v) is 21.3. The number of aliphatic hydroxyl groups excluding tert-OH is 1. The Hall–Kier alpha value is -2.58. The highest BCUT2D eigenvalue weighted by molar-refractivity contribution is 7.45.